The molecule has 2 heterocycles. The van der Waals surface area contributed by atoms with Gasteiger partial charge in [-0.2, -0.15) is 0 Å². The van der Waals surface area contributed by atoms with Crippen molar-refractivity contribution in [2.24, 2.45) is 5.14 Å². The van der Waals surface area contributed by atoms with Crippen LogP contribution in [0.4, 0.5) is 0 Å². The first kappa shape index (κ1) is 18.1. The fraction of sp³-hybridized carbons (Fsp3) is 0.667. The van der Waals surface area contributed by atoms with Crippen molar-refractivity contribution in [1.82, 2.24) is 9.88 Å². The topological polar surface area (TPSA) is 94.8 Å². The van der Waals surface area contributed by atoms with E-state index in [0.717, 1.165) is 52.0 Å². The van der Waals surface area contributed by atoms with Crippen LogP contribution < -0.4 is 9.88 Å². The van der Waals surface area contributed by atoms with Crippen LogP contribution in [0.2, 0.25) is 0 Å². The number of primary sulfonamides is 1. The van der Waals surface area contributed by atoms with Gasteiger partial charge in [-0.15, -0.1) is 0 Å². The smallest absolute Gasteiger partial charge is 0.239 e. The van der Waals surface area contributed by atoms with Gasteiger partial charge in [-0.25, -0.2) is 18.5 Å². The fourth-order valence-electron chi connectivity index (χ4n) is 3.28. The monoisotopic (exact) mass is 419 g/mol. The van der Waals surface area contributed by atoms with Crippen LogP contribution in [0.15, 0.2) is 21.6 Å². The zero-order chi connectivity index (χ0) is 17.2. The van der Waals surface area contributed by atoms with Crippen LogP contribution >= 0.6 is 15.9 Å². The molecule has 1 aromatic rings. The number of sulfonamides is 1. The van der Waals surface area contributed by atoms with Crippen LogP contribution in [-0.4, -0.2) is 56.8 Å². The predicted octanol–water partition coefficient (Wildman–Crippen LogP) is 1.51. The molecule has 0 bridgehead atoms. The molecule has 1 aliphatic carbocycles. The number of hydrogen-bond acceptors (Lipinski definition) is 6. The molecule has 1 aromatic heterocycles. The first-order valence-corrected chi connectivity index (χ1v) is 10.4. The van der Waals surface area contributed by atoms with Crippen molar-refractivity contribution in [1.29, 1.82) is 0 Å². The zero-order valence-electron chi connectivity index (χ0n) is 13.4. The second-order valence-corrected chi connectivity index (χ2v) is 8.62. The minimum atomic E-state index is -3.76. The van der Waals surface area contributed by atoms with Gasteiger partial charge in [0.25, 0.3) is 0 Å². The SMILES string of the molecule is NS(=O)(=O)c1cnc(OC2CCC(N3CCOCC3)CC2)c(Br)c1. The Kier molecular flexibility index (Phi) is 5.76. The number of hydrogen-bond donors (Lipinski definition) is 1. The summed E-state index contributed by atoms with van der Waals surface area (Å²) in [7, 11) is -3.76. The molecule has 0 spiro atoms. The summed E-state index contributed by atoms with van der Waals surface area (Å²) in [6.45, 7) is 3.67. The molecule has 24 heavy (non-hydrogen) atoms. The number of morpholine rings is 1. The minimum absolute atomic E-state index is 0.0299. The van der Waals surface area contributed by atoms with Gasteiger partial charge >= 0.3 is 0 Å². The maximum atomic E-state index is 11.3. The third kappa shape index (κ3) is 4.45. The number of rotatable bonds is 4. The van der Waals surface area contributed by atoms with Crippen LogP contribution in [0.3, 0.4) is 0 Å². The van der Waals surface area contributed by atoms with Crippen LogP contribution in [0, 0.1) is 0 Å². The van der Waals surface area contributed by atoms with E-state index in [1.807, 2.05) is 0 Å². The van der Waals surface area contributed by atoms with E-state index in [1.54, 1.807) is 0 Å². The van der Waals surface area contributed by atoms with Crippen molar-refractivity contribution in [2.75, 3.05) is 26.3 Å². The molecule has 134 valence electrons. The number of nitrogens with zero attached hydrogens (tertiary/aromatic N) is 2. The second kappa shape index (κ2) is 7.65. The number of nitrogens with two attached hydrogens (primary N) is 1. The van der Waals surface area contributed by atoms with E-state index in [-0.39, 0.29) is 11.0 Å². The number of ether oxygens (including phenoxy) is 2. The Hall–Kier alpha value is -0.740. The molecule has 0 aromatic carbocycles. The molecule has 0 radical (unpaired) electrons. The molecule has 7 nitrogen and oxygen atoms in total. The Morgan fingerprint density at radius 1 is 1.25 bits per heavy atom. The third-order valence-electron chi connectivity index (χ3n) is 4.59. The molecular formula is C15H22BrN3O4S. The summed E-state index contributed by atoms with van der Waals surface area (Å²) in [5, 5.41) is 5.10. The lowest BCUT2D eigenvalue weighted by molar-refractivity contribution is -0.00146. The second-order valence-electron chi connectivity index (χ2n) is 6.20. The van der Waals surface area contributed by atoms with Crippen molar-refractivity contribution >= 4 is 26.0 Å². The Morgan fingerprint density at radius 3 is 2.50 bits per heavy atom. The molecule has 0 unspecified atom stereocenters. The van der Waals surface area contributed by atoms with E-state index in [4.69, 9.17) is 14.6 Å². The Bertz CT molecular complexity index is 671. The van der Waals surface area contributed by atoms with Crippen molar-refractivity contribution in [3.05, 3.63) is 16.7 Å². The average Bonchev–Trinajstić information content (AvgIpc) is 2.57. The minimum Gasteiger partial charge on any atom is -0.474 e. The van der Waals surface area contributed by atoms with Crippen molar-refractivity contribution in [3.8, 4) is 5.88 Å². The van der Waals surface area contributed by atoms with Crippen LogP contribution in [0.25, 0.3) is 0 Å². The van der Waals surface area contributed by atoms with E-state index in [1.165, 1.54) is 12.3 Å². The highest BCUT2D eigenvalue weighted by Gasteiger charge is 2.28. The fourth-order valence-corrected chi connectivity index (χ4v) is 4.35. The summed E-state index contributed by atoms with van der Waals surface area (Å²) < 4.78 is 34.5. The van der Waals surface area contributed by atoms with Crippen molar-refractivity contribution in [2.45, 2.75) is 42.7 Å². The highest BCUT2D eigenvalue weighted by atomic mass is 79.9. The summed E-state index contributed by atoms with van der Waals surface area (Å²) in [5.74, 6) is 0.414. The molecule has 9 heteroatoms. The van der Waals surface area contributed by atoms with E-state index in [0.29, 0.717) is 16.4 Å². The van der Waals surface area contributed by atoms with Gasteiger partial charge in [-0.3, -0.25) is 4.90 Å². The molecule has 0 amide bonds. The number of halogens is 1. The van der Waals surface area contributed by atoms with Crippen molar-refractivity contribution < 1.29 is 17.9 Å². The van der Waals surface area contributed by atoms with E-state index in [9.17, 15) is 8.42 Å². The summed E-state index contributed by atoms with van der Waals surface area (Å²) in [6, 6.07) is 2.03. The first-order valence-electron chi connectivity index (χ1n) is 8.10. The molecule has 2 aliphatic rings. The molecule has 1 aliphatic heterocycles. The van der Waals surface area contributed by atoms with Gasteiger partial charge in [0.05, 0.1) is 23.9 Å². The summed E-state index contributed by atoms with van der Waals surface area (Å²) in [4.78, 5) is 6.57. The normalized spacial score (nSPS) is 26.2. The largest absolute Gasteiger partial charge is 0.474 e. The van der Waals surface area contributed by atoms with Crippen LogP contribution in [0.5, 0.6) is 5.88 Å². The van der Waals surface area contributed by atoms with Crippen molar-refractivity contribution in [3.63, 3.8) is 0 Å². The van der Waals surface area contributed by atoms with Crippen LogP contribution in [0.1, 0.15) is 25.7 Å². The van der Waals surface area contributed by atoms with E-state index in [2.05, 4.69) is 25.8 Å². The van der Waals surface area contributed by atoms with Gasteiger partial charge in [0, 0.05) is 19.1 Å². The lowest BCUT2D eigenvalue weighted by Gasteiger charge is -2.38. The predicted molar refractivity (Wildman–Crippen MR) is 92.4 cm³/mol. The number of aromatic nitrogens is 1. The quantitative estimate of drug-likeness (QED) is 0.794. The van der Waals surface area contributed by atoms with Crippen LogP contribution in [-0.2, 0) is 14.8 Å². The molecule has 0 atom stereocenters. The molecule has 1 saturated carbocycles. The van der Waals surface area contributed by atoms with Gasteiger partial charge in [-0.05, 0) is 47.7 Å². The first-order chi connectivity index (χ1) is 11.4. The molecule has 1 saturated heterocycles. The highest BCUT2D eigenvalue weighted by molar-refractivity contribution is 9.10. The summed E-state index contributed by atoms with van der Waals surface area (Å²) >= 11 is 3.31. The standard InChI is InChI=1S/C15H22BrN3O4S/c16-14-9-13(24(17,20)21)10-18-15(14)23-12-3-1-11(2-4-12)19-5-7-22-8-6-19/h9-12H,1-8H2,(H2,17,20,21). The Morgan fingerprint density at radius 2 is 1.92 bits per heavy atom. The summed E-state index contributed by atoms with van der Waals surface area (Å²) in [6.07, 6.45) is 5.45. The lowest BCUT2D eigenvalue weighted by atomic mass is 9.91. The Labute approximate surface area is 150 Å². The Balaban J connectivity index is 1.56. The molecule has 3 rings (SSSR count). The number of pyridine rings is 1. The van der Waals surface area contributed by atoms with Gasteiger partial charge in [0.1, 0.15) is 11.0 Å². The molecule has 2 fully saturated rings. The van der Waals surface area contributed by atoms with E-state index < -0.39 is 10.0 Å². The van der Waals surface area contributed by atoms with Gasteiger partial charge in [0.15, 0.2) is 0 Å². The van der Waals surface area contributed by atoms with Gasteiger partial charge in [-0.1, -0.05) is 0 Å². The van der Waals surface area contributed by atoms with Gasteiger partial charge in [0.2, 0.25) is 15.9 Å². The molecule has 2 N–H and O–H groups in total. The highest BCUT2D eigenvalue weighted by Crippen LogP contribution is 2.30. The maximum absolute atomic E-state index is 11.3. The van der Waals surface area contributed by atoms with E-state index >= 15 is 0 Å². The summed E-state index contributed by atoms with van der Waals surface area (Å²) in [5.41, 5.74) is 0. The van der Waals surface area contributed by atoms with Gasteiger partial charge < -0.3 is 9.47 Å². The molecular weight excluding hydrogens is 398 g/mol. The third-order valence-corrected chi connectivity index (χ3v) is 6.04. The lowest BCUT2D eigenvalue weighted by Crippen LogP contribution is -2.46. The zero-order valence-corrected chi connectivity index (χ0v) is 15.8. The average molecular weight is 420 g/mol. The maximum Gasteiger partial charge on any atom is 0.239 e.